The summed E-state index contributed by atoms with van der Waals surface area (Å²) in [5, 5.41) is 8.78. The van der Waals surface area contributed by atoms with Crippen molar-refractivity contribution in [1.29, 1.82) is 0 Å². The van der Waals surface area contributed by atoms with Gasteiger partial charge in [-0.3, -0.25) is 9.32 Å². The van der Waals surface area contributed by atoms with Crippen molar-refractivity contribution in [3.8, 4) is 0 Å². The minimum Gasteiger partial charge on any atom is -0.386 e. The molecule has 5 N–H and O–H groups in total. The molecule has 0 fully saturated rings. The first-order valence-electron chi connectivity index (χ1n) is 3.43. The van der Waals surface area contributed by atoms with Crippen LogP contribution in [-0.4, -0.2) is 39.4 Å². The van der Waals surface area contributed by atoms with Crippen molar-refractivity contribution in [1.82, 2.24) is 0 Å². The summed E-state index contributed by atoms with van der Waals surface area (Å²) in [6.45, 7) is 0.767. The summed E-state index contributed by atoms with van der Waals surface area (Å²) >= 11 is 0. The molecule has 78 valence electrons. The third-order valence-electron chi connectivity index (χ3n) is 1.21. The number of aliphatic hydroxyl groups excluding tert-OH is 1. The Bertz CT molecular complexity index is 223. The van der Waals surface area contributed by atoms with E-state index in [1.54, 1.807) is 0 Å². The highest BCUT2D eigenvalue weighted by molar-refractivity contribution is 7.46. The summed E-state index contributed by atoms with van der Waals surface area (Å²) in [6, 6.07) is 0. The van der Waals surface area contributed by atoms with E-state index in [1.807, 2.05) is 0 Å². The highest BCUT2D eigenvalue weighted by Gasteiger charge is 2.29. The first-order chi connectivity index (χ1) is 5.78. The summed E-state index contributed by atoms with van der Waals surface area (Å²) < 4.78 is 14.4. The molecule has 0 aliphatic rings. The van der Waals surface area contributed by atoms with Crippen LogP contribution in [0.5, 0.6) is 0 Å². The lowest BCUT2D eigenvalue weighted by Crippen LogP contribution is -2.37. The lowest BCUT2D eigenvalue weighted by atomic mass is 10.1. The van der Waals surface area contributed by atoms with Gasteiger partial charge in [0, 0.05) is 6.54 Å². The van der Waals surface area contributed by atoms with Crippen LogP contribution in [0.4, 0.5) is 0 Å². The Hall–Kier alpha value is -0.300. The molecule has 0 aliphatic carbocycles. The third-order valence-corrected chi connectivity index (χ3v) is 1.74. The number of nitrogens with two attached hydrogens (primary N) is 1. The molecule has 7 nitrogen and oxygen atoms in total. The van der Waals surface area contributed by atoms with Crippen molar-refractivity contribution in [2.24, 2.45) is 5.73 Å². The van der Waals surface area contributed by atoms with Gasteiger partial charge in [0.25, 0.3) is 0 Å². The monoisotopic (exact) mass is 213 g/mol. The first-order valence-corrected chi connectivity index (χ1v) is 4.96. The molecule has 0 aromatic heterocycles. The smallest absolute Gasteiger partial charge is 0.386 e. The Kier molecular flexibility index (Phi) is 4.69. The molecule has 13 heavy (non-hydrogen) atoms. The van der Waals surface area contributed by atoms with Crippen molar-refractivity contribution >= 4 is 13.6 Å². The van der Waals surface area contributed by atoms with Gasteiger partial charge in [-0.25, -0.2) is 4.57 Å². The molecule has 0 bridgehead atoms. The van der Waals surface area contributed by atoms with E-state index in [0.717, 1.165) is 6.92 Å². The van der Waals surface area contributed by atoms with Crippen LogP contribution < -0.4 is 5.73 Å². The SMILES string of the molecule is CC(O)C(=O)C(CN)OP(=O)(O)O. The van der Waals surface area contributed by atoms with E-state index in [1.165, 1.54) is 0 Å². The van der Waals surface area contributed by atoms with Crippen molar-refractivity contribution in [2.45, 2.75) is 19.1 Å². The van der Waals surface area contributed by atoms with Crippen molar-refractivity contribution in [3.63, 3.8) is 0 Å². The van der Waals surface area contributed by atoms with Gasteiger partial charge in [0.05, 0.1) is 0 Å². The molecular formula is C5H12NO6P. The van der Waals surface area contributed by atoms with Gasteiger partial charge in [0.15, 0.2) is 5.78 Å². The fraction of sp³-hybridized carbons (Fsp3) is 0.800. The Morgan fingerprint density at radius 2 is 2.08 bits per heavy atom. The molecule has 0 saturated carbocycles. The number of rotatable bonds is 5. The highest BCUT2D eigenvalue weighted by atomic mass is 31.2. The van der Waals surface area contributed by atoms with Crippen LogP contribution in [0.2, 0.25) is 0 Å². The second-order valence-electron chi connectivity index (χ2n) is 2.40. The van der Waals surface area contributed by atoms with Gasteiger partial charge in [-0.2, -0.15) is 0 Å². The zero-order valence-corrected chi connectivity index (χ0v) is 7.85. The molecule has 0 heterocycles. The average Bonchev–Trinajstić information content (AvgIpc) is 1.97. The van der Waals surface area contributed by atoms with Crippen LogP contribution in [0.1, 0.15) is 6.92 Å². The van der Waals surface area contributed by atoms with Crippen LogP contribution in [-0.2, 0) is 13.9 Å². The van der Waals surface area contributed by atoms with E-state index in [0.29, 0.717) is 0 Å². The predicted octanol–water partition coefficient (Wildman–Crippen LogP) is -1.63. The Balaban J connectivity index is 4.36. The van der Waals surface area contributed by atoms with E-state index in [-0.39, 0.29) is 0 Å². The molecule has 0 rings (SSSR count). The Labute approximate surface area is 74.7 Å². The van der Waals surface area contributed by atoms with E-state index in [4.69, 9.17) is 20.6 Å². The van der Waals surface area contributed by atoms with E-state index in [2.05, 4.69) is 4.52 Å². The van der Waals surface area contributed by atoms with Gasteiger partial charge in [-0.1, -0.05) is 0 Å². The number of phosphoric ester groups is 1. The Morgan fingerprint density at radius 3 is 2.31 bits per heavy atom. The quantitative estimate of drug-likeness (QED) is 0.403. The second-order valence-corrected chi connectivity index (χ2v) is 3.59. The molecule has 2 unspecified atom stereocenters. The lowest BCUT2D eigenvalue weighted by Gasteiger charge is -2.16. The van der Waals surface area contributed by atoms with Gasteiger partial charge >= 0.3 is 7.82 Å². The fourth-order valence-corrected chi connectivity index (χ4v) is 1.17. The maximum Gasteiger partial charge on any atom is 0.470 e. The summed E-state index contributed by atoms with van der Waals surface area (Å²) in [6.07, 6.45) is -2.83. The van der Waals surface area contributed by atoms with Gasteiger partial charge in [-0.15, -0.1) is 0 Å². The van der Waals surface area contributed by atoms with E-state index >= 15 is 0 Å². The zero-order valence-electron chi connectivity index (χ0n) is 6.95. The molecule has 0 aromatic carbocycles. The van der Waals surface area contributed by atoms with E-state index in [9.17, 15) is 9.36 Å². The fourth-order valence-electron chi connectivity index (χ4n) is 0.646. The molecule has 8 heteroatoms. The largest absolute Gasteiger partial charge is 0.470 e. The summed E-state index contributed by atoms with van der Waals surface area (Å²) in [4.78, 5) is 27.7. The second kappa shape index (κ2) is 4.80. The highest BCUT2D eigenvalue weighted by Crippen LogP contribution is 2.37. The number of hydrogen-bond donors (Lipinski definition) is 4. The molecule has 0 spiro atoms. The van der Waals surface area contributed by atoms with Crippen molar-refractivity contribution in [2.75, 3.05) is 6.54 Å². The maximum absolute atomic E-state index is 11.0. The van der Waals surface area contributed by atoms with Crippen LogP contribution in [0, 0.1) is 0 Å². The summed E-state index contributed by atoms with van der Waals surface area (Å²) in [7, 11) is -4.74. The van der Waals surface area contributed by atoms with Crippen LogP contribution in [0.15, 0.2) is 0 Å². The average molecular weight is 213 g/mol. The molecule has 0 aliphatic heterocycles. The van der Waals surface area contributed by atoms with Gasteiger partial charge in [0.1, 0.15) is 12.2 Å². The number of carbonyl (C=O) groups is 1. The van der Waals surface area contributed by atoms with Crippen LogP contribution in [0.3, 0.4) is 0 Å². The normalized spacial score (nSPS) is 16.7. The zero-order chi connectivity index (χ0) is 10.6. The predicted molar refractivity (Wildman–Crippen MR) is 42.7 cm³/mol. The molecule has 2 atom stereocenters. The summed E-state index contributed by atoms with van der Waals surface area (Å²) in [5.74, 6) is -0.856. The maximum atomic E-state index is 11.0. The number of ketones is 1. The number of phosphoric acid groups is 1. The number of hydrogen-bond acceptors (Lipinski definition) is 5. The number of aliphatic hydroxyl groups is 1. The van der Waals surface area contributed by atoms with Crippen LogP contribution in [0.25, 0.3) is 0 Å². The van der Waals surface area contributed by atoms with Crippen molar-refractivity contribution in [3.05, 3.63) is 0 Å². The molecule has 0 radical (unpaired) electrons. The lowest BCUT2D eigenvalue weighted by molar-refractivity contribution is -0.133. The molecule has 0 amide bonds. The topological polar surface area (TPSA) is 130 Å². The van der Waals surface area contributed by atoms with Crippen LogP contribution >= 0.6 is 7.82 Å². The van der Waals surface area contributed by atoms with Gasteiger partial charge in [-0.05, 0) is 6.92 Å². The minimum absolute atomic E-state index is 0.394. The molecule has 0 aromatic rings. The van der Waals surface area contributed by atoms with Gasteiger partial charge < -0.3 is 20.6 Å². The molecule has 0 saturated heterocycles. The number of Topliss-reactive ketones (excluding diaryl/α,β-unsaturated/α-hetero) is 1. The standard InChI is InChI=1S/C5H12NO6P/c1-3(7)5(8)4(2-6)12-13(9,10)11/h3-4,7H,2,6H2,1H3,(H2,9,10,11). The number of carbonyl (C=O) groups excluding carboxylic acids is 1. The van der Waals surface area contributed by atoms with E-state index < -0.39 is 32.4 Å². The molecular weight excluding hydrogens is 201 g/mol. The first kappa shape index (κ1) is 12.7. The summed E-state index contributed by atoms with van der Waals surface area (Å²) in [5.41, 5.74) is 5.02. The van der Waals surface area contributed by atoms with Crippen molar-refractivity contribution < 1.29 is 28.8 Å². The Morgan fingerprint density at radius 1 is 1.62 bits per heavy atom. The third kappa shape index (κ3) is 5.09. The van der Waals surface area contributed by atoms with Gasteiger partial charge in [0.2, 0.25) is 0 Å². The minimum atomic E-state index is -4.74.